The van der Waals surface area contributed by atoms with E-state index in [-0.39, 0.29) is 11.7 Å². The van der Waals surface area contributed by atoms with Crippen LogP contribution in [-0.2, 0) is 4.79 Å². The van der Waals surface area contributed by atoms with Crippen LogP contribution in [-0.4, -0.2) is 50.6 Å². The van der Waals surface area contributed by atoms with Gasteiger partial charge in [-0.2, -0.15) is 0 Å². The fourth-order valence-corrected chi connectivity index (χ4v) is 3.23. The minimum Gasteiger partial charge on any atom is -0.373 e. The Morgan fingerprint density at radius 2 is 1.81 bits per heavy atom. The molecule has 1 amide bonds. The van der Waals surface area contributed by atoms with Crippen LogP contribution in [0.3, 0.4) is 0 Å². The third-order valence-corrected chi connectivity index (χ3v) is 4.42. The Labute approximate surface area is 125 Å². The molecule has 0 atom stereocenters. The van der Waals surface area contributed by atoms with Crippen molar-refractivity contribution in [3.05, 3.63) is 24.0 Å². The highest BCUT2D eigenvalue weighted by atomic mass is 19.1. The molecule has 1 saturated heterocycles. The van der Waals surface area contributed by atoms with Gasteiger partial charge < -0.3 is 14.7 Å². The van der Waals surface area contributed by atoms with Crippen molar-refractivity contribution in [2.24, 2.45) is 0 Å². The monoisotopic (exact) mass is 291 g/mol. The van der Waals surface area contributed by atoms with E-state index in [1.54, 1.807) is 6.07 Å². The zero-order valence-corrected chi connectivity index (χ0v) is 12.5. The minimum absolute atomic E-state index is 0.203. The number of anilines is 2. The molecule has 0 aliphatic carbocycles. The Morgan fingerprint density at radius 1 is 1.05 bits per heavy atom. The molecule has 2 heterocycles. The standard InChI is InChI=1S/C16H22FN3O/c1-18-7-3-9-19(10-11-20-8-2-4-16(20)21)15-12-13(17)5-6-14(15)18/h5-6,12H,2-4,7-11H2,1H3. The zero-order valence-electron chi connectivity index (χ0n) is 12.5. The molecule has 0 radical (unpaired) electrons. The molecule has 0 aromatic heterocycles. The van der Waals surface area contributed by atoms with E-state index >= 15 is 0 Å². The number of fused-ring (bicyclic) bond motifs is 1. The summed E-state index contributed by atoms with van der Waals surface area (Å²) in [4.78, 5) is 18.0. The summed E-state index contributed by atoms with van der Waals surface area (Å²) in [6.45, 7) is 4.25. The van der Waals surface area contributed by atoms with E-state index in [4.69, 9.17) is 0 Å². The Hall–Kier alpha value is -1.78. The number of carbonyl (C=O) groups is 1. The van der Waals surface area contributed by atoms with Gasteiger partial charge in [-0.1, -0.05) is 0 Å². The first-order chi connectivity index (χ1) is 10.1. The molecule has 21 heavy (non-hydrogen) atoms. The molecular formula is C16H22FN3O. The molecule has 1 aromatic rings. The largest absolute Gasteiger partial charge is 0.373 e. The second kappa shape index (κ2) is 5.92. The number of rotatable bonds is 3. The number of hydrogen-bond acceptors (Lipinski definition) is 3. The van der Waals surface area contributed by atoms with Gasteiger partial charge in [0.1, 0.15) is 5.82 Å². The highest BCUT2D eigenvalue weighted by molar-refractivity contribution is 5.78. The minimum atomic E-state index is -0.203. The maximum absolute atomic E-state index is 13.6. The highest BCUT2D eigenvalue weighted by Crippen LogP contribution is 2.32. The van der Waals surface area contributed by atoms with E-state index in [2.05, 4.69) is 9.80 Å². The third-order valence-electron chi connectivity index (χ3n) is 4.42. The lowest BCUT2D eigenvalue weighted by molar-refractivity contribution is -0.127. The predicted molar refractivity (Wildman–Crippen MR) is 82.3 cm³/mol. The summed E-state index contributed by atoms with van der Waals surface area (Å²) in [5.41, 5.74) is 2.02. The second-order valence-corrected chi connectivity index (χ2v) is 5.88. The smallest absolute Gasteiger partial charge is 0.222 e. The summed E-state index contributed by atoms with van der Waals surface area (Å²) in [6.07, 6.45) is 2.68. The molecule has 0 bridgehead atoms. The number of nitrogens with zero attached hydrogens (tertiary/aromatic N) is 3. The van der Waals surface area contributed by atoms with E-state index in [1.165, 1.54) is 6.07 Å². The molecule has 0 N–H and O–H groups in total. The van der Waals surface area contributed by atoms with Gasteiger partial charge in [-0.05, 0) is 31.0 Å². The van der Waals surface area contributed by atoms with Gasteiger partial charge in [0.05, 0.1) is 11.4 Å². The van der Waals surface area contributed by atoms with Crippen LogP contribution in [0.15, 0.2) is 18.2 Å². The van der Waals surface area contributed by atoms with Crippen LogP contribution in [0, 0.1) is 5.82 Å². The summed E-state index contributed by atoms with van der Waals surface area (Å²) in [6, 6.07) is 4.98. The van der Waals surface area contributed by atoms with Gasteiger partial charge >= 0.3 is 0 Å². The van der Waals surface area contributed by atoms with Crippen LogP contribution in [0.2, 0.25) is 0 Å². The maximum Gasteiger partial charge on any atom is 0.222 e. The number of likely N-dealkylation sites (tertiary alicyclic amines) is 1. The van der Waals surface area contributed by atoms with Crippen molar-refractivity contribution in [3.63, 3.8) is 0 Å². The first-order valence-corrected chi connectivity index (χ1v) is 7.68. The lowest BCUT2D eigenvalue weighted by Gasteiger charge is -2.28. The van der Waals surface area contributed by atoms with E-state index < -0.39 is 0 Å². The Kier molecular flexibility index (Phi) is 3.99. The molecule has 0 spiro atoms. The summed E-state index contributed by atoms with van der Waals surface area (Å²) in [5.74, 6) is 0.0488. The van der Waals surface area contributed by atoms with Crippen LogP contribution in [0.5, 0.6) is 0 Å². The first kappa shape index (κ1) is 14.2. The average Bonchev–Trinajstić information content (AvgIpc) is 2.80. The number of amides is 1. The topological polar surface area (TPSA) is 26.8 Å². The molecule has 2 aliphatic heterocycles. The Morgan fingerprint density at radius 3 is 2.57 bits per heavy atom. The van der Waals surface area contributed by atoms with Crippen LogP contribution >= 0.6 is 0 Å². The second-order valence-electron chi connectivity index (χ2n) is 5.88. The van der Waals surface area contributed by atoms with Crippen molar-refractivity contribution < 1.29 is 9.18 Å². The number of benzene rings is 1. The number of carbonyl (C=O) groups excluding carboxylic acids is 1. The van der Waals surface area contributed by atoms with Crippen molar-refractivity contribution in [1.82, 2.24) is 4.90 Å². The van der Waals surface area contributed by atoms with E-state index in [0.717, 1.165) is 56.9 Å². The zero-order chi connectivity index (χ0) is 14.8. The fourth-order valence-electron chi connectivity index (χ4n) is 3.23. The molecule has 114 valence electrons. The first-order valence-electron chi connectivity index (χ1n) is 7.68. The van der Waals surface area contributed by atoms with E-state index in [0.29, 0.717) is 6.42 Å². The molecule has 0 unspecified atom stereocenters. The molecule has 3 rings (SSSR count). The van der Waals surface area contributed by atoms with Gasteiger partial charge in [0.2, 0.25) is 5.91 Å². The van der Waals surface area contributed by atoms with Gasteiger partial charge in [-0.3, -0.25) is 4.79 Å². The Bertz CT molecular complexity index is 534. The van der Waals surface area contributed by atoms with Gasteiger partial charge in [0, 0.05) is 46.2 Å². The summed E-state index contributed by atoms with van der Waals surface area (Å²) in [5, 5.41) is 0. The van der Waals surface area contributed by atoms with Crippen LogP contribution in [0.25, 0.3) is 0 Å². The van der Waals surface area contributed by atoms with Gasteiger partial charge in [-0.15, -0.1) is 0 Å². The van der Waals surface area contributed by atoms with Gasteiger partial charge in [0.25, 0.3) is 0 Å². The van der Waals surface area contributed by atoms with Crippen molar-refractivity contribution in [2.45, 2.75) is 19.3 Å². The quantitative estimate of drug-likeness (QED) is 0.853. The third kappa shape index (κ3) is 2.96. The van der Waals surface area contributed by atoms with Crippen molar-refractivity contribution in [3.8, 4) is 0 Å². The van der Waals surface area contributed by atoms with E-state index in [1.807, 2.05) is 18.0 Å². The predicted octanol–water partition coefficient (Wildman–Crippen LogP) is 2.09. The molecule has 0 saturated carbocycles. The van der Waals surface area contributed by atoms with Crippen molar-refractivity contribution >= 4 is 17.3 Å². The highest BCUT2D eigenvalue weighted by Gasteiger charge is 2.23. The lowest BCUT2D eigenvalue weighted by Crippen LogP contribution is -2.36. The van der Waals surface area contributed by atoms with E-state index in [9.17, 15) is 9.18 Å². The maximum atomic E-state index is 13.6. The van der Waals surface area contributed by atoms with Crippen molar-refractivity contribution in [1.29, 1.82) is 0 Å². The molecule has 1 aromatic carbocycles. The van der Waals surface area contributed by atoms with Crippen LogP contribution in [0.1, 0.15) is 19.3 Å². The summed E-state index contributed by atoms with van der Waals surface area (Å²) in [7, 11) is 2.05. The van der Waals surface area contributed by atoms with Crippen molar-refractivity contribution in [2.75, 3.05) is 49.6 Å². The molecule has 5 heteroatoms. The lowest BCUT2D eigenvalue weighted by atomic mass is 10.2. The Balaban J connectivity index is 1.77. The summed E-state index contributed by atoms with van der Waals surface area (Å²) < 4.78 is 13.6. The molecule has 4 nitrogen and oxygen atoms in total. The SMILES string of the molecule is CN1CCCN(CCN2CCCC2=O)c2cc(F)ccc21. The number of halogens is 1. The van der Waals surface area contributed by atoms with Gasteiger partial charge in [-0.25, -0.2) is 4.39 Å². The van der Waals surface area contributed by atoms with Gasteiger partial charge in [0.15, 0.2) is 0 Å². The molecule has 1 fully saturated rings. The number of hydrogen-bond donors (Lipinski definition) is 0. The molecule has 2 aliphatic rings. The normalized spacial score (nSPS) is 19.0. The fraction of sp³-hybridized carbons (Fsp3) is 0.562. The van der Waals surface area contributed by atoms with Crippen LogP contribution in [0.4, 0.5) is 15.8 Å². The molecular weight excluding hydrogens is 269 g/mol. The van der Waals surface area contributed by atoms with Crippen LogP contribution < -0.4 is 9.80 Å². The summed E-state index contributed by atoms with van der Waals surface area (Å²) >= 11 is 0. The average molecular weight is 291 g/mol.